The van der Waals surface area contributed by atoms with Crippen molar-refractivity contribution in [3.8, 4) is 5.88 Å². The van der Waals surface area contributed by atoms with Crippen molar-refractivity contribution in [3.63, 3.8) is 0 Å². The largest absolute Gasteiger partial charge is 0.466 e. The molecule has 1 heterocycles. The van der Waals surface area contributed by atoms with Crippen molar-refractivity contribution < 1.29 is 9.13 Å². The van der Waals surface area contributed by atoms with E-state index in [0.717, 1.165) is 12.3 Å². The first-order valence-corrected chi connectivity index (χ1v) is 7.19. The van der Waals surface area contributed by atoms with Gasteiger partial charge in [-0.25, -0.2) is 0 Å². The summed E-state index contributed by atoms with van der Waals surface area (Å²) in [6.07, 6.45) is 9.29. The van der Waals surface area contributed by atoms with Gasteiger partial charge in [-0.05, 0) is 37.3 Å². The molecule has 2 fully saturated rings. The molecular weight excluding hydrogens is 241 g/mol. The lowest BCUT2D eigenvalue weighted by Gasteiger charge is -2.52. The first-order valence-electron chi connectivity index (χ1n) is 7.19. The fourth-order valence-electron chi connectivity index (χ4n) is 3.71. The molecule has 2 aliphatic rings. The Morgan fingerprint density at radius 1 is 1.32 bits per heavy atom. The molecule has 3 atom stereocenters. The monoisotopic (exact) mass is 261 g/mol. The van der Waals surface area contributed by atoms with Crippen LogP contribution in [0.4, 0.5) is 4.39 Å². The van der Waals surface area contributed by atoms with Crippen LogP contribution in [0.1, 0.15) is 38.5 Å². The van der Waals surface area contributed by atoms with Gasteiger partial charge in [0.05, 0.1) is 0 Å². The molecule has 1 aromatic heterocycles. The minimum Gasteiger partial charge on any atom is -0.466 e. The Morgan fingerprint density at radius 3 is 2.95 bits per heavy atom. The number of rotatable bonds is 3. The normalized spacial score (nSPS) is 33.7. The quantitative estimate of drug-likeness (QED) is 0.603. The van der Waals surface area contributed by atoms with Crippen molar-refractivity contribution in [2.45, 2.75) is 44.1 Å². The molecule has 3 unspecified atom stereocenters. The fourth-order valence-corrected chi connectivity index (χ4v) is 3.71. The van der Waals surface area contributed by atoms with Gasteiger partial charge in [-0.15, -0.1) is 0 Å². The molecule has 19 heavy (non-hydrogen) atoms. The number of aromatic nitrogens is 1. The van der Waals surface area contributed by atoms with Gasteiger partial charge in [0.2, 0.25) is 11.8 Å². The van der Waals surface area contributed by atoms with Crippen LogP contribution < -0.4 is 4.74 Å². The highest BCUT2D eigenvalue weighted by atomic mass is 19.1. The Kier molecular flexibility index (Phi) is 3.29. The number of nitrogens with zero attached hydrogens (tertiary/aromatic N) is 1. The highest BCUT2D eigenvalue weighted by molar-refractivity contribution is 5.20. The Balaban J connectivity index is 1.79. The van der Waals surface area contributed by atoms with Crippen LogP contribution in [0.15, 0.2) is 30.9 Å². The Hall–Kier alpha value is -1.38. The third-order valence-electron chi connectivity index (χ3n) is 4.70. The maximum absolute atomic E-state index is 13.1. The van der Waals surface area contributed by atoms with Gasteiger partial charge >= 0.3 is 0 Å². The van der Waals surface area contributed by atoms with Gasteiger partial charge in [0.1, 0.15) is 5.60 Å². The molecule has 0 aliphatic heterocycles. The van der Waals surface area contributed by atoms with Crippen LogP contribution in [0, 0.1) is 17.8 Å². The molecule has 0 saturated heterocycles. The van der Waals surface area contributed by atoms with E-state index in [1.807, 2.05) is 6.08 Å². The van der Waals surface area contributed by atoms with Crippen LogP contribution in [-0.2, 0) is 0 Å². The Bertz CT molecular complexity index is 476. The molecule has 1 aromatic rings. The zero-order valence-corrected chi connectivity index (χ0v) is 11.1. The van der Waals surface area contributed by atoms with Crippen LogP contribution in [0.25, 0.3) is 0 Å². The number of hydrogen-bond donors (Lipinski definition) is 0. The molecule has 0 bridgehead atoms. The van der Waals surface area contributed by atoms with Gasteiger partial charge in [-0.1, -0.05) is 31.9 Å². The number of pyridine rings is 1. The summed E-state index contributed by atoms with van der Waals surface area (Å²) in [6.45, 7) is 3.95. The van der Waals surface area contributed by atoms with E-state index in [1.165, 1.54) is 38.2 Å². The molecule has 2 aliphatic carbocycles. The molecular formula is C16H20FNO. The fraction of sp³-hybridized carbons (Fsp3) is 0.562. The van der Waals surface area contributed by atoms with Crippen molar-refractivity contribution in [1.82, 2.24) is 4.98 Å². The van der Waals surface area contributed by atoms with E-state index in [1.54, 1.807) is 12.1 Å². The van der Waals surface area contributed by atoms with Crippen molar-refractivity contribution in [2.24, 2.45) is 11.8 Å². The van der Waals surface area contributed by atoms with E-state index in [9.17, 15) is 4.39 Å². The molecule has 0 N–H and O–H groups in total. The highest BCUT2D eigenvalue weighted by Gasteiger charge is 2.53. The molecule has 102 valence electrons. The number of halogens is 1. The van der Waals surface area contributed by atoms with Gasteiger partial charge in [-0.2, -0.15) is 9.37 Å². The second-order valence-electron chi connectivity index (χ2n) is 5.77. The van der Waals surface area contributed by atoms with Crippen molar-refractivity contribution in [2.75, 3.05) is 0 Å². The van der Waals surface area contributed by atoms with Crippen molar-refractivity contribution in [1.29, 1.82) is 0 Å². The smallest absolute Gasteiger partial charge is 0.216 e. The second-order valence-corrected chi connectivity index (χ2v) is 5.77. The lowest BCUT2D eigenvalue weighted by Crippen LogP contribution is -2.56. The lowest BCUT2D eigenvalue weighted by molar-refractivity contribution is -0.0855. The zero-order valence-electron chi connectivity index (χ0n) is 11.1. The van der Waals surface area contributed by atoms with Crippen molar-refractivity contribution in [3.05, 3.63) is 36.8 Å². The average molecular weight is 261 g/mol. The minimum absolute atomic E-state index is 0.324. The van der Waals surface area contributed by atoms with E-state index < -0.39 is 5.95 Å². The molecule has 2 nitrogen and oxygen atoms in total. The maximum Gasteiger partial charge on any atom is 0.216 e. The molecule has 0 radical (unpaired) electrons. The van der Waals surface area contributed by atoms with Crippen LogP contribution in [0.2, 0.25) is 0 Å². The van der Waals surface area contributed by atoms with Gasteiger partial charge in [0, 0.05) is 12.0 Å². The third kappa shape index (κ3) is 2.26. The van der Waals surface area contributed by atoms with Gasteiger partial charge in [-0.3, -0.25) is 0 Å². The molecule has 0 aromatic carbocycles. The van der Waals surface area contributed by atoms with E-state index in [0.29, 0.717) is 11.8 Å². The summed E-state index contributed by atoms with van der Waals surface area (Å²) < 4.78 is 19.2. The Labute approximate surface area is 113 Å². The summed E-state index contributed by atoms with van der Waals surface area (Å²) >= 11 is 0. The first kappa shape index (κ1) is 12.6. The predicted molar refractivity (Wildman–Crippen MR) is 72.4 cm³/mol. The van der Waals surface area contributed by atoms with Crippen LogP contribution in [-0.4, -0.2) is 10.6 Å². The van der Waals surface area contributed by atoms with E-state index >= 15 is 0 Å². The SMILES string of the molecule is C=CC1(Oc2cccc(F)n2)CC2CCCCCC21. The van der Waals surface area contributed by atoms with Crippen LogP contribution in [0.5, 0.6) is 5.88 Å². The standard InChI is InChI=1S/C16H20FNO/c1-2-16(19-15-10-6-9-14(17)18-15)11-12-7-4-3-5-8-13(12)16/h2,6,9-10,12-13H,1,3-5,7-8,11H2. The third-order valence-corrected chi connectivity index (χ3v) is 4.70. The van der Waals surface area contributed by atoms with E-state index in [2.05, 4.69) is 11.6 Å². The van der Waals surface area contributed by atoms with Gasteiger partial charge < -0.3 is 4.74 Å². The second kappa shape index (κ2) is 4.95. The van der Waals surface area contributed by atoms with Crippen LogP contribution in [0.3, 0.4) is 0 Å². The number of hydrogen-bond acceptors (Lipinski definition) is 2. The average Bonchev–Trinajstić information content (AvgIpc) is 2.58. The van der Waals surface area contributed by atoms with Crippen LogP contribution >= 0.6 is 0 Å². The zero-order chi connectivity index (χ0) is 13.3. The van der Waals surface area contributed by atoms with E-state index in [-0.39, 0.29) is 5.60 Å². The molecule has 0 amide bonds. The number of ether oxygens (including phenoxy) is 1. The van der Waals surface area contributed by atoms with Gasteiger partial charge in [0.15, 0.2) is 0 Å². The molecule has 2 saturated carbocycles. The highest BCUT2D eigenvalue weighted by Crippen LogP contribution is 2.53. The predicted octanol–water partition coefficient (Wildman–Crippen LogP) is 4.12. The summed E-state index contributed by atoms with van der Waals surface area (Å²) in [5.74, 6) is 1.16. The lowest BCUT2D eigenvalue weighted by atomic mass is 9.59. The maximum atomic E-state index is 13.1. The number of fused-ring (bicyclic) bond motifs is 1. The topological polar surface area (TPSA) is 22.1 Å². The summed E-state index contributed by atoms with van der Waals surface area (Å²) in [7, 11) is 0. The van der Waals surface area contributed by atoms with Crippen molar-refractivity contribution >= 4 is 0 Å². The first-order chi connectivity index (χ1) is 9.23. The minimum atomic E-state index is -0.492. The molecule has 0 spiro atoms. The Morgan fingerprint density at radius 2 is 2.16 bits per heavy atom. The summed E-state index contributed by atoms with van der Waals surface area (Å²) in [5.41, 5.74) is -0.324. The summed E-state index contributed by atoms with van der Waals surface area (Å²) in [4.78, 5) is 3.81. The summed E-state index contributed by atoms with van der Waals surface area (Å²) in [6, 6.07) is 4.69. The van der Waals surface area contributed by atoms with E-state index in [4.69, 9.17) is 4.74 Å². The summed E-state index contributed by atoms with van der Waals surface area (Å²) in [5, 5.41) is 0. The molecule has 3 rings (SSSR count). The molecule has 3 heteroatoms. The van der Waals surface area contributed by atoms with Gasteiger partial charge in [0.25, 0.3) is 0 Å².